The minimum absolute atomic E-state index is 0.0637. The van der Waals surface area contributed by atoms with Crippen LogP contribution in [0.25, 0.3) is 0 Å². The van der Waals surface area contributed by atoms with Crippen LogP contribution in [0, 0.1) is 18.8 Å². The highest BCUT2D eigenvalue weighted by molar-refractivity contribution is 5.72. The van der Waals surface area contributed by atoms with Crippen LogP contribution in [-0.4, -0.2) is 13.1 Å². The zero-order chi connectivity index (χ0) is 8.27. The first-order valence-corrected chi connectivity index (χ1v) is 4.16. The van der Waals surface area contributed by atoms with Crippen molar-refractivity contribution in [3.8, 4) is 0 Å². The molecule has 1 aliphatic rings. The monoisotopic (exact) mass is 155 g/mol. The van der Waals surface area contributed by atoms with Gasteiger partial charge in [-0.1, -0.05) is 12.8 Å². The number of ether oxygens (including phenoxy) is 1. The van der Waals surface area contributed by atoms with E-state index < -0.39 is 0 Å². The van der Waals surface area contributed by atoms with Crippen molar-refractivity contribution >= 4 is 5.97 Å². The van der Waals surface area contributed by atoms with Gasteiger partial charge in [-0.05, 0) is 25.7 Å². The van der Waals surface area contributed by atoms with Crippen LogP contribution >= 0.6 is 0 Å². The molecule has 0 amide bonds. The molecule has 0 aromatic rings. The third kappa shape index (κ3) is 1.95. The second-order valence-electron chi connectivity index (χ2n) is 3.17. The first-order valence-electron chi connectivity index (χ1n) is 4.16. The number of hydrogen-bond donors (Lipinski definition) is 0. The number of rotatable bonds is 1. The van der Waals surface area contributed by atoms with Crippen molar-refractivity contribution in [1.82, 2.24) is 0 Å². The van der Waals surface area contributed by atoms with Crippen LogP contribution in [0.5, 0.6) is 0 Å². The fraction of sp³-hybridized carbons (Fsp3) is 0.778. The number of hydrogen-bond acceptors (Lipinski definition) is 2. The van der Waals surface area contributed by atoms with E-state index in [0.717, 1.165) is 19.3 Å². The van der Waals surface area contributed by atoms with Gasteiger partial charge in [-0.3, -0.25) is 4.79 Å². The Balaban J connectivity index is 2.47. The van der Waals surface area contributed by atoms with Crippen molar-refractivity contribution in [2.24, 2.45) is 11.8 Å². The van der Waals surface area contributed by atoms with Gasteiger partial charge in [-0.2, -0.15) is 0 Å². The highest BCUT2D eigenvalue weighted by Crippen LogP contribution is 2.29. The molecule has 2 unspecified atom stereocenters. The number of carbonyl (C=O) groups is 1. The lowest BCUT2D eigenvalue weighted by Gasteiger charge is -2.25. The highest BCUT2D eigenvalue weighted by atomic mass is 16.5. The van der Waals surface area contributed by atoms with Gasteiger partial charge in [-0.25, -0.2) is 0 Å². The molecular weight excluding hydrogens is 140 g/mol. The van der Waals surface area contributed by atoms with E-state index in [1.54, 1.807) is 0 Å². The van der Waals surface area contributed by atoms with Gasteiger partial charge in [0, 0.05) is 0 Å². The Morgan fingerprint density at radius 2 is 2.09 bits per heavy atom. The fourth-order valence-corrected chi connectivity index (χ4v) is 1.67. The number of methoxy groups -OCH3 is 1. The largest absolute Gasteiger partial charge is 0.469 e. The minimum atomic E-state index is -0.0790. The summed E-state index contributed by atoms with van der Waals surface area (Å²) in [6.07, 6.45) is 4.38. The molecule has 0 aliphatic heterocycles. The van der Waals surface area contributed by atoms with Gasteiger partial charge >= 0.3 is 5.97 Å². The summed E-state index contributed by atoms with van der Waals surface area (Å²) in [7, 11) is 1.45. The lowest BCUT2D eigenvalue weighted by Crippen LogP contribution is -2.26. The summed E-state index contributed by atoms with van der Waals surface area (Å²) in [4.78, 5) is 11.1. The SMILES string of the molecule is [CH2]C1CCCCC1C(=O)OC. The van der Waals surface area contributed by atoms with E-state index in [0.29, 0.717) is 0 Å². The van der Waals surface area contributed by atoms with Gasteiger partial charge in [0.05, 0.1) is 13.0 Å². The van der Waals surface area contributed by atoms with Crippen molar-refractivity contribution in [3.63, 3.8) is 0 Å². The number of carbonyl (C=O) groups excluding carboxylic acids is 1. The molecule has 0 aromatic carbocycles. The third-order valence-electron chi connectivity index (χ3n) is 2.41. The van der Waals surface area contributed by atoms with Crippen molar-refractivity contribution < 1.29 is 9.53 Å². The summed E-state index contributed by atoms with van der Waals surface area (Å²) in [6, 6.07) is 0. The maximum Gasteiger partial charge on any atom is 0.308 e. The van der Waals surface area contributed by atoms with Crippen LogP contribution in [0.1, 0.15) is 25.7 Å². The van der Waals surface area contributed by atoms with Crippen LogP contribution in [0.15, 0.2) is 0 Å². The van der Waals surface area contributed by atoms with Gasteiger partial charge < -0.3 is 4.74 Å². The molecule has 0 N–H and O–H groups in total. The van der Waals surface area contributed by atoms with Crippen molar-refractivity contribution in [2.75, 3.05) is 7.11 Å². The van der Waals surface area contributed by atoms with Crippen molar-refractivity contribution in [2.45, 2.75) is 25.7 Å². The maximum absolute atomic E-state index is 11.1. The van der Waals surface area contributed by atoms with Crippen molar-refractivity contribution in [1.29, 1.82) is 0 Å². The first kappa shape index (κ1) is 8.57. The van der Waals surface area contributed by atoms with Gasteiger partial charge in [0.25, 0.3) is 0 Å². The summed E-state index contributed by atoms with van der Waals surface area (Å²) in [5, 5.41) is 0. The molecule has 11 heavy (non-hydrogen) atoms. The van der Waals surface area contributed by atoms with E-state index in [1.807, 2.05) is 0 Å². The topological polar surface area (TPSA) is 26.3 Å². The second-order valence-corrected chi connectivity index (χ2v) is 3.17. The molecule has 1 aliphatic carbocycles. The quantitative estimate of drug-likeness (QED) is 0.540. The summed E-state index contributed by atoms with van der Waals surface area (Å²) in [5.74, 6) is 0.259. The van der Waals surface area contributed by atoms with Crippen LogP contribution < -0.4 is 0 Å². The van der Waals surface area contributed by atoms with Crippen LogP contribution in [0.2, 0.25) is 0 Å². The Labute approximate surface area is 67.9 Å². The fourth-order valence-electron chi connectivity index (χ4n) is 1.67. The van der Waals surface area contributed by atoms with Crippen LogP contribution in [-0.2, 0) is 9.53 Å². The number of esters is 1. The van der Waals surface area contributed by atoms with E-state index in [-0.39, 0.29) is 17.8 Å². The molecule has 1 saturated carbocycles. The summed E-state index contributed by atoms with van der Waals surface area (Å²) >= 11 is 0. The van der Waals surface area contributed by atoms with Gasteiger partial charge in [-0.15, -0.1) is 0 Å². The molecule has 1 radical (unpaired) electrons. The molecule has 1 fully saturated rings. The zero-order valence-corrected chi connectivity index (χ0v) is 7.01. The van der Waals surface area contributed by atoms with E-state index in [2.05, 4.69) is 11.7 Å². The van der Waals surface area contributed by atoms with Crippen LogP contribution in [0.4, 0.5) is 0 Å². The standard InChI is InChI=1S/C9H15O2/c1-7-5-3-4-6-8(7)9(10)11-2/h7-8H,1,3-6H2,2H3. The molecule has 2 heteroatoms. The molecule has 63 valence electrons. The van der Waals surface area contributed by atoms with E-state index in [1.165, 1.54) is 13.5 Å². The average molecular weight is 155 g/mol. The predicted molar refractivity (Wildman–Crippen MR) is 42.8 cm³/mol. The third-order valence-corrected chi connectivity index (χ3v) is 2.41. The van der Waals surface area contributed by atoms with Crippen molar-refractivity contribution in [3.05, 3.63) is 6.92 Å². The molecule has 0 spiro atoms. The van der Waals surface area contributed by atoms with Gasteiger partial charge in [0.1, 0.15) is 0 Å². The lowest BCUT2D eigenvalue weighted by atomic mass is 9.80. The summed E-state index contributed by atoms with van der Waals surface area (Å²) < 4.78 is 4.68. The van der Waals surface area contributed by atoms with Gasteiger partial charge in [0.2, 0.25) is 0 Å². The summed E-state index contributed by atoms with van der Waals surface area (Å²) in [6.45, 7) is 3.95. The van der Waals surface area contributed by atoms with E-state index in [9.17, 15) is 4.79 Å². The minimum Gasteiger partial charge on any atom is -0.469 e. The molecule has 0 bridgehead atoms. The molecule has 0 aromatic heterocycles. The molecule has 0 saturated heterocycles. The Hall–Kier alpha value is -0.530. The highest BCUT2D eigenvalue weighted by Gasteiger charge is 2.28. The smallest absolute Gasteiger partial charge is 0.308 e. The lowest BCUT2D eigenvalue weighted by molar-refractivity contribution is -0.147. The normalized spacial score (nSPS) is 31.5. The Morgan fingerprint density at radius 3 is 2.64 bits per heavy atom. The molecule has 2 atom stereocenters. The van der Waals surface area contributed by atoms with E-state index in [4.69, 9.17) is 0 Å². The second kappa shape index (κ2) is 3.74. The Kier molecular flexibility index (Phi) is 2.92. The first-order chi connectivity index (χ1) is 5.25. The molecule has 2 nitrogen and oxygen atoms in total. The average Bonchev–Trinajstić information content (AvgIpc) is 2.04. The van der Waals surface area contributed by atoms with Gasteiger partial charge in [0.15, 0.2) is 0 Å². The molecular formula is C9H15O2. The Bertz CT molecular complexity index is 142. The van der Waals surface area contributed by atoms with Crippen LogP contribution in [0.3, 0.4) is 0 Å². The molecule has 0 heterocycles. The summed E-state index contributed by atoms with van der Waals surface area (Å²) in [5.41, 5.74) is 0. The zero-order valence-electron chi connectivity index (χ0n) is 7.01. The predicted octanol–water partition coefficient (Wildman–Crippen LogP) is 1.80. The maximum atomic E-state index is 11.1. The molecule has 1 rings (SSSR count). The van der Waals surface area contributed by atoms with E-state index >= 15 is 0 Å². The Morgan fingerprint density at radius 1 is 1.45 bits per heavy atom.